The van der Waals surface area contributed by atoms with Crippen LogP contribution in [-0.2, 0) is 26.2 Å². The van der Waals surface area contributed by atoms with Crippen molar-refractivity contribution >= 4 is 39.1 Å². The third-order valence-corrected chi connectivity index (χ3v) is 6.82. The third kappa shape index (κ3) is 7.36. The number of carbonyl (C=O) groups is 2. The number of rotatable bonds is 12. The molecular formula is C24H32ClN3O5S. The Morgan fingerprint density at radius 1 is 1.12 bits per heavy atom. The summed E-state index contributed by atoms with van der Waals surface area (Å²) in [6.07, 6.45) is 2.75. The number of hydrogen-bond acceptors (Lipinski definition) is 5. The molecule has 1 atom stereocenters. The van der Waals surface area contributed by atoms with Crippen LogP contribution in [0.15, 0.2) is 48.5 Å². The Hall–Kier alpha value is -2.78. The van der Waals surface area contributed by atoms with E-state index in [0.29, 0.717) is 22.9 Å². The van der Waals surface area contributed by atoms with Crippen LogP contribution in [0.3, 0.4) is 0 Å². The fourth-order valence-corrected chi connectivity index (χ4v) is 4.41. The van der Waals surface area contributed by atoms with Crippen LogP contribution >= 0.6 is 11.6 Å². The summed E-state index contributed by atoms with van der Waals surface area (Å²) in [6.45, 7) is 3.66. The van der Waals surface area contributed by atoms with Gasteiger partial charge in [-0.1, -0.05) is 55.3 Å². The zero-order chi connectivity index (χ0) is 25.3. The van der Waals surface area contributed by atoms with Crippen molar-refractivity contribution in [2.24, 2.45) is 0 Å². The highest BCUT2D eigenvalue weighted by atomic mass is 35.5. The lowest BCUT2D eigenvalue weighted by atomic mass is 10.1. The van der Waals surface area contributed by atoms with Crippen LogP contribution < -0.4 is 14.4 Å². The van der Waals surface area contributed by atoms with Crippen LogP contribution in [0.2, 0.25) is 5.02 Å². The molecular weight excluding hydrogens is 478 g/mol. The Kier molecular flexibility index (Phi) is 10.2. The maximum Gasteiger partial charge on any atom is 0.244 e. The number of methoxy groups -OCH3 is 1. The topological polar surface area (TPSA) is 96.0 Å². The molecule has 34 heavy (non-hydrogen) atoms. The maximum atomic E-state index is 13.5. The molecule has 0 radical (unpaired) electrons. The first-order valence-corrected chi connectivity index (χ1v) is 13.2. The van der Waals surface area contributed by atoms with Gasteiger partial charge in [0.1, 0.15) is 18.3 Å². The van der Waals surface area contributed by atoms with E-state index >= 15 is 0 Å². The van der Waals surface area contributed by atoms with E-state index in [1.165, 1.54) is 12.0 Å². The van der Waals surface area contributed by atoms with Crippen molar-refractivity contribution in [1.29, 1.82) is 0 Å². The lowest BCUT2D eigenvalue weighted by molar-refractivity contribution is -0.139. The molecule has 10 heteroatoms. The average Bonchev–Trinajstić information content (AvgIpc) is 2.80. The summed E-state index contributed by atoms with van der Waals surface area (Å²) in [5.41, 5.74) is 0.882. The molecule has 0 unspecified atom stereocenters. The zero-order valence-corrected chi connectivity index (χ0v) is 21.5. The smallest absolute Gasteiger partial charge is 0.244 e. The van der Waals surface area contributed by atoms with Crippen LogP contribution in [0.5, 0.6) is 5.75 Å². The summed E-state index contributed by atoms with van der Waals surface area (Å²) < 4.78 is 31.6. The Morgan fingerprint density at radius 3 is 2.38 bits per heavy atom. The number of nitrogens with one attached hydrogen (secondary N) is 1. The van der Waals surface area contributed by atoms with Gasteiger partial charge in [-0.25, -0.2) is 8.42 Å². The van der Waals surface area contributed by atoms with Crippen molar-refractivity contribution in [2.75, 3.05) is 30.8 Å². The minimum absolute atomic E-state index is 0.0460. The van der Waals surface area contributed by atoms with Gasteiger partial charge < -0.3 is 15.0 Å². The summed E-state index contributed by atoms with van der Waals surface area (Å²) in [4.78, 5) is 27.7. The SMILES string of the molecule is CCCCNC(=O)[C@@H](C)N(Cc1ccccc1Cl)C(=O)CN(c1ccccc1OC)S(C)(=O)=O. The summed E-state index contributed by atoms with van der Waals surface area (Å²) in [5.74, 6) is -0.560. The minimum atomic E-state index is -3.84. The number of unbranched alkanes of at least 4 members (excludes halogenated alkanes) is 1. The van der Waals surface area contributed by atoms with Crippen molar-refractivity contribution in [1.82, 2.24) is 10.2 Å². The Bertz CT molecular complexity index is 1090. The molecule has 0 aliphatic rings. The molecule has 0 spiro atoms. The van der Waals surface area contributed by atoms with E-state index in [4.69, 9.17) is 16.3 Å². The summed E-state index contributed by atoms with van der Waals surface area (Å²) in [7, 11) is -2.42. The van der Waals surface area contributed by atoms with E-state index in [1.54, 1.807) is 55.5 Å². The largest absolute Gasteiger partial charge is 0.495 e. The van der Waals surface area contributed by atoms with Crippen LogP contribution in [0.4, 0.5) is 5.69 Å². The molecule has 0 aliphatic heterocycles. The van der Waals surface area contributed by atoms with Gasteiger partial charge in [0.05, 0.1) is 19.1 Å². The monoisotopic (exact) mass is 509 g/mol. The van der Waals surface area contributed by atoms with Crippen molar-refractivity contribution in [3.8, 4) is 5.75 Å². The molecule has 0 saturated carbocycles. The second kappa shape index (κ2) is 12.6. The molecule has 0 bridgehead atoms. The summed E-state index contributed by atoms with van der Waals surface area (Å²) in [6, 6.07) is 12.7. The summed E-state index contributed by atoms with van der Waals surface area (Å²) >= 11 is 6.31. The maximum absolute atomic E-state index is 13.5. The van der Waals surface area contributed by atoms with Gasteiger partial charge in [0, 0.05) is 18.1 Å². The van der Waals surface area contributed by atoms with Crippen LogP contribution in [0.25, 0.3) is 0 Å². The number of halogens is 1. The number of para-hydroxylation sites is 2. The number of sulfonamides is 1. The zero-order valence-electron chi connectivity index (χ0n) is 20.0. The molecule has 2 aromatic rings. The first kappa shape index (κ1) is 27.5. The standard InChI is InChI=1S/C24H32ClN3O5S/c1-5-6-15-26-24(30)18(2)27(16-19-11-7-8-12-20(19)25)23(29)17-28(34(4,31)32)21-13-9-10-14-22(21)33-3/h7-14,18H,5-6,15-17H2,1-4H3,(H,26,30)/t18-/m1/s1. The molecule has 2 amide bonds. The fourth-order valence-electron chi connectivity index (χ4n) is 3.36. The molecule has 8 nitrogen and oxygen atoms in total. The molecule has 0 aromatic heterocycles. The van der Waals surface area contributed by atoms with Gasteiger partial charge in [0.25, 0.3) is 0 Å². The van der Waals surface area contributed by atoms with Gasteiger partial charge in [0.2, 0.25) is 21.8 Å². The molecule has 2 rings (SSSR count). The first-order valence-electron chi connectivity index (χ1n) is 11.0. The van der Waals surface area contributed by atoms with E-state index in [1.807, 2.05) is 6.92 Å². The number of hydrogen-bond donors (Lipinski definition) is 1. The van der Waals surface area contributed by atoms with Crippen molar-refractivity contribution < 1.29 is 22.7 Å². The molecule has 0 aliphatic carbocycles. The van der Waals surface area contributed by atoms with Gasteiger partial charge in [-0.3, -0.25) is 13.9 Å². The first-order chi connectivity index (χ1) is 16.1. The molecule has 186 valence electrons. The molecule has 1 N–H and O–H groups in total. The minimum Gasteiger partial charge on any atom is -0.495 e. The second-order valence-electron chi connectivity index (χ2n) is 7.88. The number of nitrogens with zero attached hydrogens (tertiary/aromatic N) is 2. The Morgan fingerprint density at radius 2 is 1.76 bits per heavy atom. The average molecular weight is 510 g/mol. The highest BCUT2D eigenvalue weighted by Crippen LogP contribution is 2.30. The predicted octanol–water partition coefficient (Wildman–Crippen LogP) is 3.45. The molecule has 0 saturated heterocycles. The van der Waals surface area contributed by atoms with Crippen LogP contribution in [0, 0.1) is 0 Å². The molecule has 2 aromatic carbocycles. The molecule has 0 fully saturated rings. The van der Waals surface area contributed by atoms with Gasteiger partial charge in [-0.15, -0.1) is 0 Å². The second-order valence-corrected chi connectivity index (χ2v) is 10.2. The highest BCUT2D eigenvalue weighted by molar-refractivity contribution is 7.92. The van der Waals surface area contributed by atoms with E-state index in [0.717, 1.165) is 23.4 Å². The lowest BCUT2D eigenvalue weighted by Crippen LogP contribution is -2.51. The quantitative estimate of drug-likeness (QED) is 0.442. The predicted molar refractivity (Wildman–Crippen MR) is 135 cm³/mol. The highest BCUT2D eigenvalue weighted by Gasteiger charge is 2.31. The number of carbonyl (C=O) groups excluding carboxylic acids is 2. The van der Waals surface area contributed by atoms with E-state index in [2.05, 4.69) is 5.32 Å². The van der Waals surface area contributed by atoms with Gasteiger partial charge >= 0.3 is 0 Å². The number of ether oxygens (including phenoxy) is 1. The number of benzene rings is 2. The lowest BCUT2D eigenvalue weighted by Gasteiger charge is -2.32. The van der Waals surface area contributed by atoms with Gasteiger partial charge in [-0.05, 0) is 37.1 Å². The van der Waals surface area contributed by atoms with Gasteiger partial charge in [-0.2, -0.15) is 0 Å². The number of amides is 2. The van der Waals surface area contributed by atoms with Crippen LogP contribution in [-0.4, -0.2) is 57.6 Å². The normalized spacial score (nSPS) is 12.0. The Balaban J connectivity index is 2.40. The summed E-state index contributed by atoms with van der Waals surface area (Å²) in [5, 5.41) is 3.28. The van der Waals surface area contributed by atoms with Gasteiger partial charge in [0.15, 0.2) is 0 Å². The number of anilines is 1. The van der Waals surface area contributed by atoms with E-state index in [-0.39, 0.29) is 18.1 Å². The van der Waals surface area contributed by atoms with Crippen molar-refractivity contribution in [3.63, 3.8) is 0 Å². The van der Waals surface area contributed by atoms with Crippen LogP contribution in [0.1, 0.15) is 32.3 Å². The third-order valence-electron chi connectivity index (χ3n) is 5.33. The molecule has 0 heterocycles. The van der Waals surface area contributed by atoms with E-state index < -0.39 is 28.5 Å². The van der Waals surface area contributed by atoms with E-state index in [9.17, 15) is 18.0 Å². The van der Waals surface area contributed by atoms with Crippen molar-refractivity contribution in [3.05, 3.63) is 59.1 Å². The Labute approximate surface area is 206 Å². The fraction of sp³-hybridized carbons (Fsp3) is 0.417. The van der Waals surface area contributed by atoms with Crippen molar-refractivity contribution in [2.45, 2.75) is 39.3 Å².